The predicted molar refractivity (Wildman–Crippen MR) is 99.2 cm³/mol. The van der Waals surface area contributed by atoms with Gasteiger partial charge in [0.1, 0.15) is 0 Å². The molecular formula is C22H26. The van der Waals surface area contributed by atoms with Crippen LogP contribution in [-0.4, -0.2) is 0 Å². The molecule has 114 valence electrons. The summed E-state index contributed by atoms with van der Waals surface area (Å²) in [5, 5.41) is 3.03. The second kappa shape index (κ2) is 6.52. The van der Waals surface area contributed by atoms with Crippen LogP contribution in [-0.2, 0) is 12.8 Å². The Morgan fingerprint density at radius 1 is 0.909 bits per heavy atom. The van der Waals surface area contributed by atoms with Gasteiger partial charge in [0.25, 0.3) is 0 Å². The quantitative estimate of drug-likeness (QED) is 0.600. The van der Waals surface area contributed by atoms with E-state index in [1.165, 1.54) is 52.3 Å². The van der Waals surface area contributed by atoms with Gasteiger partial charge in [0.05, 0.1) is 0 Å². The van der Waals surface area contributed by atoms with Gasteiger partial charge in [0.15, 0.2) is 0 Å². The van der Waals surface area contributed by atoms with Gasteiger partial charge in [-0.15, -0.1) is 0 Å². The molecule has 0 nitrogen and oxygen atoms in total. The van der Waals surface area contributed by atoms with Crippen LogP contribution in [0.2, 0.25) is 0 Å². The molecule has 0 saturated heterocycles. The molecule has 0 unspecified atom stereocenters. The number of rotatable bonds is 3. The minimum Gasteiger partial charge on any atom is -0.0795 e. The number of hydrogen-bond donors (Lipinski definition) is 0. The molecular weight excluding hydrogens is 264 g/mol. The first-order valence-electron chi connectivity index (χ1n) is 8.80. The summed E-state index contributed by atoms with van der Waals surface area (Å²) in [6.45, 7) is 6.27. The molecule has 0 atom stereocenters. The lowest BCUT2D eigenvalue weighted by molar-refractivity contribution is 0.775. The van der Waals surface area contributed by atoms with Crippen molar-refractivity contribution in [1.82, 2.24) is 0 Å². The lowest BCUT2D eigenvalue weighted by atomic mass is 9.82. The zero-order chi connectivity index (χ0) is 15.5. The van der Waals surface area contributed by atoms with Gasteiger partial charge in [-0.1, -0.05) is 75.3 Å². The first-order chi connectivity index (χ1) is 10.9. The van der Waals surface area contributed by atoms with Crippen LogP contribution in [0, 0.1) is 0 Å². The Bertz CT molecular complexity index is 744. The molecule has 0 aromatic heterocycles. The van der Waals surface area contributed by atoms with Gasteiger partial charge < -0.3 is 0 Å². The van der Waals surface area contributed by atoms with Crippen molar-refractivity contribution in [3.05, 3.63) is 58.2 Å². The maximum Gasteiger partial charge on any atom is -0.00574 e. The summed E-state index contributed by atoms with van der Waals surface area (Å²) < 4.78 is 0. The lowest BCUT2D eigenvalue weighted by Gasteiger charge is -2.22. The third kappa shape index (κ3) is 2.52. The van der Waals surface area contributed by atoms with Gasteiger partial charge >= 0.3 is 0 Å². The molecule has 0 amide bonds. The third-order valence-electron chi connectivity index (χ3n) is 4.66. The molecule has 2 aliphatic carbocycles. The van der Waals surface area contributed by atoms with Crippen molar-refractivity contribution in [2.45, 2.75) is 52.9 Å². The summed E-state index contributed by atoms with van der Waals surface area (Å²) in [6, 6.07) is 9.31. The summed E-state index contributed by atoms with van der Waals surface area (Å²) in [5.74, 6) is 0. The first kappa shape index (κ1) is 15.1. The molecule has 0 bridgehead atoms. The molecule has 0 fully saturated rings. The fourth-order valence-electron chi connectivity index (χ4n) is 3.66. The summed E-state index contributed by atoms with van der Waals surface area (Å²) in [4.78, 5) is 0. The second-order valence-corrected chi connectivity index (χ2v) is 6.07. The molecule has 2 aromatic rings. The van der Waals surface area contributed by atoms with E-state index >= 15 is 0 Å². The van der Waals surface area contributed by atoms with Crippen LogP contribution in [0.3, 0.4) is 0 Å². The van der Waals surface area contributed by atoms with Crippen molar-refractivity contribution in [1.29, 1.82) is 0 Å². The lowest BCUT2D eigenvalue weighted by Crippen LogP contribution is -2.03. The zero-order valence-corrected chi connectivity index (χ0v) is 14.1. The topological polar surface area (TPSA) is 0 Å². The van der Waals surface area contributed by atoms with Crippen molar-refractivity contribution in [2.75, 3.05) is 0 Å². The number of allylic oxidation sites excluding steroid dienone is 2. The van der Waals surface area contributed by atoms with E-state index in [0.29, 0.717) is 0 Å². The largest absolute Gasteiger partial charge is 0.0795 e. The summed E-state index contributed by atoms with van der Waals surface area (Å²) >= 11 is 0. The van der Waals surface area contributed by atoms with Gasteiger partial charge in [-0.25, -0.2) is 0 Å². The molecule has 0 heterocycles. The first-order valence-corrected chi connectivity index (χ1v) is 8.80. The van der Waals surface area contributed by atoms with Crippen molar-refractivity contribution in [3.8, 4) is 0 Å². The van der Waals surface area contributed by atoms with Crippen molar-refractivity contribution in [3.63, 3.8) is 0 Å². The fraction of sp³-hybridized carbons (Fsp3) is 0.364. The van der Waals surface area contributed by atoms with Crippen LogP contribution in [0.4, 0.5) is 0 Å². The number of unbranched alkanes of at least 4 members (excludes halogenated alkanes) is 1. The van der Waals surface area contributed by atoms with Crippen molar-refractivity contribution >= 4 is 22.9 Å². The minimum atomic E-state index is 1.08. The van der Waals surface area contributed by atoms with Crippen LogP contribution in [0.25, 0.3) is 22.9 Å². The summed E-state index contributed by atoms with van der Waals surface area (Å²) in [5.41, 5.74) is 7.47. The van der Waals surface area contributed by atoms with Crippen molar-refractivity contribution in [2.24, 2.45) is 0 Å². The summed E-state index contributed by atoms with van der Waals surface area (Å²) in [6.07, 6.45) is 13.1. The minimum absolute atomic E-state index is 1.08. The van der Waals surface area contributed by atoms with Crippen LogP contribution in [0.1, 0.15) is 62.3 Å². The molecule has 2 aliphatic rings. The highest BCUT2D eigenvalue weighted by Gasteiger charge is 2.18. The van der Waals surface area contributed by atoms with E-state index in [4.69, 9.17) is 0 Å². The molecule has 0 spiro atoms. The molecule has 4 rings (SSSR count). The number of hydrogen-bond acceptors (Lipinski definition) is 0. The van der Waals surface area contributed by atoms with Crippen LogP contribution in [0.5, 0.6) is 0 Å². The molecule has 0 radical (unpaired) electrons. The van der Waals surface area contributed by atoms with Crippen LogP contribution < -0.4 is 0 Å². The van der Waals surface area contributed by atoms with Gasteiger partial charge in [-0.05, 0) is 58.7 Å². The van der Waals surface area contributed by atoms with Crippen LogP contribution in [0.15, 0.2) is 35.9 Å². The maximum absolute atomic E-state index is 2.45. The molecule has 22 heavy (non-hydrogen) atoms. The highest BCUT2D eigenvalue weighted by molar-refractivity contribution is 6.03. The van der Waals surface area contributed by atoms with E-state index < -0.39 is 0 Å². The Hall–Kier alpha value is -1.82. The van der Waals surface area contributed by atoms with E-state index in [-0.39, 0.29) is 0 Å². The van der Waals surface area contributed by atoms with Gasteiger partial charge in [-0.3, -0.25) is 0 Å². The zero-order valence-electron chi connectivity index (χ0n) is 14.1. The van der Waals surface area contributed by atoms with E-state index in [1.54, 1.807) is 5.57 Å². The van der Waals surface area contributed by atoms with Gasteiger partial charge in [-0.2, -0.15) is 0 Å². The monoisotopic (exact) mass is 290 g/mol. The second-order valence-electron chi connectivity index (χ2n) is 6.07. The van der Waals surface area contributed by atoms with E-state index in [2.05, 4.69) is 49.4 Å². The Labute approximate surface area is 134 Å². The van der Waals surface area contributed by atoms with E-state index in [9.17, 15) is 0 Å². The molecule has 2 aromatic carbocycles. The van der Waals surface area contributed by atoms with Crippen LogP contribution >= 0.6 is 0 Å². The predicted octanol–water partition coefficient (Wildman–Crippen LogP) is 6.57. The highest BCUT2D eigenvalue weighted by Crippen LogP contribution is 2.38. The van der Waals surface area contributed by atoms with E-state index in [1.807, 2.05) is 13.8 Å². The van der Waals surface area contributed by atoms with E-state index in [0.717, 1.165) is 12.8 Å². The fourth-order valence-corrected chi connectivity index (χ4v) is 3.66. The Balaban J connectivity index is 0.000000693. The Kier molecular flexibility index (Phi) is 4.47. The highest BCUT2D eigenvalue weighted by atomic mass is 14.2. The Morgan fingerprint density at radius 2 is 1.64 bits per heavy atom. The summed E-state index contributed by atoms with van der Waals surface area (Å²) in [7, 11) is 0. The third-order valence-corrected chi connectivity index (χ3v) is 4.66. The number of benzene rings is 2. The van der Waals surface area contributed by atoms with Gasteiger partial charge in [0, 0.05) is 0 Å². The standard InChI is InChI=1S/C20H20.C2H6/c1-2-3-5-14-12-17-10-8-15-6-4-7-16-9-11-18(13-14)20(17)19(15)16;1-2/h4,6,8-11,13H,2-3,5,7,12H2,1H3;1-2H3. The SMILES string of the molecule is CC.CCCCC1=Cc2ccc3c4c(ccc(c24)C1)C=CC3. The maximum atomic E-state index is 2.45. The molecule has 0 N–H and O–H groups in total. The average molecular weight is 290 g/mol. The smallest absolute Gasteiger partial charge is 0.00574 e. The van der Waals surface area contributed by atoms with Crippen molar-refractivity contribution < 1.29 is 0 Å². The Morgan fingerprint density at radius 3 is 2.45 bits per heavy atom. The normalized spacial score (nSPS) is 14.4. The molecule has 0 aliphatic heterocycles. The van der Waals surface area contributed by atoms with Gasteiger partial charge in [0.2, 0.25) is 0 Å². The molecule has 0 heteroatoms. The average Bonchev–Trinajstić information content (AvgIpc) is 2.59. The molecule has 0 saturated carbocycles.